The van der Waals surface area contributed by atoms with E-state index in [1.807, 2.05) is 36.6 Å². The second-order valence-corrected chi connectivity index (χ2v) is 7.71. The minimum atomic E-state index is -0.998. The molecule has 0 radical (unpaired) electrons. The molecule has 8 heteroatoms. The molecule has 4 amide bonds. The van der Waals surface area contributed by atoms with Crippen LogP contribution in [0.25, 0.3) is 5.69 Å². The molecule has 0 atom stereocenters. The second-order valence-electron chi connectivity index (χ2n) is 6.86. The van der Waals surface area contributed by atoms with Gasteiger partial charge in [0.25, 0.3) is 0 Å². The second kappa shape index (κ2) is 7.79. The zero-order valence-electron chi connectivity index (χ0n) is 16.4. The topological polar surface area (TPSA) is 79.7 Å². The molecule has 0 unspecified atom stereocenters. The van der Waals surface area contributed by atoms with Crippen LogP contribution in [0.4, 0.5) is 4.79 Å². The van der Waals surface area contributed by atoms with Crippen molar-refractivity contribution < 1.29 is 19.2 Å². The number of aromatic nitrogens is 1. The number of halogens is 1. The van der Waals surface area contributed by atoms with Crippen molar-refractivity contribution in [2.24, 2.45) is 0 Å². The van der Waals surface area contributed by atoms with Crippen molar-refractivity contribution in [3.05, 3.63) is 63.9 Å². The van der Waals surface area contributed by atoms with Gasteiger partial charge in [0.15, 0.2) is 5.78 Å². The highest BCUT2D eigenvalue weighted by Gasteiger charge is 2.44. The van der Waals surface area contributed by atoms with E-state index in [9.17, 15) is 19.2 Å². The van der Waals surface area contributed by atoms with Gasteiger partial charge in [-0.15, -0.1) is 6.58 Å². The summed E-state index contributed by atoms with van der Waals surface area (Å²) in [6.45, 7) is 8.56. The summed E-state index contributed by atoms with van der Waals surface area (Å²) in [4.78, 5) is 50.8. The minimum Gasteiger partial charge on any atom is -0.318 e. The molecule has 29 heavy (non-hydrogen) atoms. The summed E-state index contributed by atoms with van der Waals surface area (Å²) in [6.07, 6.45) is 1.35. The van der Waals surface area contributed by atoms with E-state index in [0.29, 0.717) is 16.2 Å². The molecule has 0 bridgehead atoms. The van der Waals surface area contributed by atoms with E-state index >= 15 is 0 Å². The lowest BCUT2D eigenvalue weighted by Crippen LogP contribution is -2.37. The Morgan fingerprint density at radius 3 is 2.34 bits per heavy atom. The van der Waals surface area contributed by atoms with Crippen molar-refractivity contribution in [1.82, 2.24) is 14.4 Å². The fourth-order valence-electron chi connectivity index (χ4n) is 3.42. The van der Waals surface area contributed by atoms with Gasteiger partial charge in [0, 0.05) is 33.7 Å². The zero-order chi connectivity index (χ0) is 21.5. The number of carbonyl (C=O) groups is 4. The number of aryl methyl sites for hydroxylation is 2. The Hall–Kier alpha value is -3.00. The fourth-order valence-corrected chi connectivity index (χ4v) is 3.67. The van der Waals surface area contributed by atoms with Gasteiger partial charge in [0.1, 0.15) is 0 Å². The number of imide groups is 2. The van der Waals surface area contributed by atoms with Crippen LogP contribution >= 0.6 is 15.9 Å². The summed E-state index contributed by atoms with van der Waals surface area (Å²) in [5.74, 6) is -2.35. The molecule has 3 rings (SSSR count). The van der Waals surface area contributed by atoms with Crippen LogP contribution in [0.15, 0.2) is 41.4 Å². The number of rotatable bonds is 6. The standard InChI is InChI=1S/C21H20BrN3O4/c1-5-8-23-19(27)20(28)24(21(23)29)11-18(26)16-10-13(3)25(14(16)4)15-6-7-17(22)12(2)9-15/h5-7,9-10H,1,8,11H2,2-4H3. The molecule has 2 heterocycles. The summed E-state index contributed by atoms with van der Waals surface area (Å²) >= 11 is 3.48. The van der Waals surface area contributed by atoms with Gasteiger partial charge in [-0.05, 0) is 50.6 Å². The molecule has 1 saturated heterocycles. The first-order valence-electron chi connectivity index (χ1n) is 8.94. The van der Waals surface area contributed by atoms with Crippen LogP contribution < -0.4 is 0 Å². The number of nitrogens with zero attached hydrogens (tertiary/aromatic N) is 3. The van der Waals surface area contributed by atoms with Crippen molar-refractivity contribution in [1.29, 1.82) is 0 Å². The molecule has 1 aromatic carbocycles. The average molecular weight is 458 g/mol. The van der Waals surface area contributed by atoms with E-state index in [1.54, 1.807) is 13.0 Å². The van der Waals surface area contributed by atoms with Crippen LogP contribution in [-0.4, -0.2) is 51.1 Å². The third-order valence-electron chi connectivity index (χ3n) is 4.88. The molecule has 0 N–H and O–H groups in total. The normalized spacial score (nSPS) is 14.1. The van der Waals surface area contributed by atoms with Crippen molar-refractivity contribution in [2.75, 3.05) is 13.1 Å². The maximum atomic E-state index is 12.9. The van der Waals surface area contributed by atoms with E-state index in [4.69, 9.17) is 0 Å². The Morgan fingerprint density at radius 1 is 1.07 bits per heavy atom. The Balaban J connectivity index is 1.90. The Labute approximate surface area is 176 Å². The zero-order valence-corrected chi connectivity index (χ0v) is 17.9. The van der Waals surface area contributed by atoms with Crippen LogP contribution in [0.3, 0.4) is 0 Å². The number of hydrogen-bond donors (Lipinski definition) is 0. The fraction of sp³-hybridized carbons (Fsp3) is 0.238. The summed E-state index contributed by atoms with van der Waals surface area (Å²) in [5, 5.41) is 0. The number of ketones is 1. The van der Waals surface area contributed by atoms with Crippen LogP contribution in [0.1, 0.15) is 27.3 Å². The van der Waals surface area contributed by atoms with Crippen LogP contribution in [0.2, 0.25) is 0 Å². The summed E-state index contributed by atoms with van der Waals surface area (Å²) < 4.78 is 2.93. The van der Waals surface area contributed by atoms with E-state index in [1.165, 1.54) is 6.08 Å². The quantitative estimate of drug-likeness (QED) is 0.288. The van der Waals surface area contributed by atoms with E-state index < -0.39 is 30.2 Å². The van der Waals surface area contributed by atoms with Crippen molar-refractivity contribution in [3.63, 3.8) is 0 Å². The molecule has 0 spiro atoms. The molecule has 1 fully saturated rings. The molecule has 0 aliphatic carbocycles. The molecule has 2 aromatic rings. The van der Waals surface area contributed by atoms with Crippen LogP contribution in [0, 0.1) is 20.8 Å². The molecule has 0 saturated carbocycles. The van der Waals surface area contributed by atoms with Gasteiger partial charge in [0.2, 0.25) is 0 Å². The largest absolute Gasteiger partial charge is 0.334 e. The number of benzene rings is 1. The molecule has 150 valence electrons. The first-order chi connectivity index (χ1) is 13.7. The van der Waals surface area contributed by atoms with Gasteiger partial charge in [-0.2, -0.15) is 0 Å². The molecule has 1 aliphatic heterocycles. The third-order valence-corrected chi connectivity index (χ3v) is 5.77. The van der Waals surface area contributed by atoms with Gasteiger partial charge in [0.05, 0.1) is 6.54 Å². The average Bonchev–Trinajstić information content (AvgIpc) is 3.08. The van der Waals surface area contributed by atoms with Gasteiger partial charge in [-0.25, -0.2) is 9.69 Å². The van der Waals surface area contributed by atoms with Gasteiger partial charge in [-0.3, -0.25) is 19.3 Å². The third kappa shape index (κ3) is 3.55. The molecule has 1 aliphatic rings. The lowest BCUT2D eigenvalue weighted by molar-refractivity contribution is -0.142. The molecular formula is C21H20BrN3O4. The highest BCUT2D eigenvalue weighted by molar-refractivity contribution is 9.10. The molecular weight excluding hydrogens is 438 g/mol. The smallest absolute Gasteiger partial charge is 0.318 e. The van der Waals surface area contributed by atoms with Crippen molar-refractivity contribution in [2.45, 2.75) is 20.8 Å². The van der Waals surface area contributed by atoms with E-state index in [2.05, 4.69) is 22.5 Å². The van der Waals surface area contributed by atoms with Crippen LogP contribution in [-0.2, 0) is 9.59 Å². The Bertz CT molecular complexity index is 1070. The van der Waals surface area contributed by atoms with Gasteiger partial charge in [-0.1, -0.05) is 22.0 Å². The summed E-state index contributed by atoms with van der Waals surface area (Å²) in [7, 11) is 0. The predicted octanol–water partition coefficient (Wildman–Crippen LogP) is 3.32. The summed E-state index contributed by atoms with van der Waals surface area (Å²) in [5.41, 5.74) is 3.90. The maximum Gasteiger partial charge on any atom is 0.334 e. The number of Topliss-reactive ketones (excluding diaryl/α,β-unsaturated/α-hetero) is 1. The predicted molar refractivity (Wildman–Crippen MR) is 111 cm³/mol. The highest BCUT2D eigenvalue weighted by atomic mass is 79.9. The molecule has 1 aromatic heterocycles. The number of amides is 4. The lowest BCUT2D eigenvalue weighted by Gasteiger charge is -2.14. The maximum absolute atomic E-state index is 12.9. The van der Waals surface area contributed by atoms with Gasteiger partial charge < -0.3 is 4.57 Å². The first-order valence-corrected chi connectivity index (χ1v) is 9.73. The number of carbonyl (C=O) groups excluding carboxylic acids is 4. The molecule has 7 nitrogen and oxygen atoms in total. The Morgan fingerprint density at radius 2 is 1.72 bits per heavy atom. The SMILES string of the molecule is C=CCN1C(=O)C(=O)N(CC(=O)c2cc(C)n(-c3ccc(Br)c(C)c3)c2C)C1=O. The monoisotopic (exact) mass is 457 g/mol. The number of urea groups is 1. The van der Waals surface area contributed by atoms with E-state index in [0.717, 1.165) is 26.3 Å². The number of hydrogen-bond acceptors (Lipinski definition) is 4. The minimum absolute atomic E-state index is 0.0778. The lowest BCUT2D eigenvalue weighted by atomic mass is 10.1. The van der Waals surface area contributed by atoms with Gasteiger partial charge >= 0.3 is 17.8 Å². The summed E-state index contributed by atoms with van der Waals surface area (Å²) in [6, 6.07) is 6.80. The first kappa shape index (κ1) is 20.7. The highest BCUT2D eigenvalue weighted by Crippen LogP contribution is 2.25. The van der Waals surface area contributed by atoms with Crippen molar-refractivity contribution >= 4 is 39.6 Å². The van der Waals surface area contributed by atoms with Crippen molar-refractivity contribution in [3.8, 4) is 5.69 Å². The van der Waals surface area contributed by atoms with Crippen LogP contribution in [0.5, 0.6) is 0 Å². The Kier molecular flexibility index (Phi) is 5.57. The van der Waals surface area contributed by atoms with E-state index in [-0.39, 0.29) is 6.54 Å².